The van der Waals surface area contributed by atoms with Gasteiger partial charge < -0.3 is 9.90 Å². The van der Waals surface area contributed by atoms with E-state index in [0.717, 1.165) is 18.4 Å². The van der Waals surface area contributed by atoms with Crippen molar-refractivity contribution in [3.05, 3.63) is 35.4 Å². The lowest BCUT2D eigenvalue weighted by Crippen LogP contribution is -1.94. The van der Waals surface area contributed by atoms with E-state index in [-0.39, 0.29) is 5.78 Å². The van der Waals surface area contributed by atoms with E-state index in [0.29, 0.717) is 6.42 Å². The highest BCUT2D eigenvalue weighted by molar-refractivity contribution is 5.75. The molecule has 1 atom stereocenters. The second-order valence-corrected chi connectivity index (χ2v) is 3.97. The number of hydrogen-bond acceptors (Lipinski definition) is 2. The standard InChI is InChI=1S/C13H18O2/c1-10(14)4-3-5-12-6-8-13(9-7-12)11(2)15/h6-9,11,15H,3-5H2,1-2H3. The zero-order valence-corrected chi connectivity index (χ0v) is 9.36. The van der Waals surface area contributed by atoms with E-state index in [1.165, 1.54) is 5.56 Å². The number of carbonyl (C=O) groups excluding carboxylic acids is 1. The quantitative estimate of drug-likeness (QED) is 0.804. The smallest absolute Gasteiger partial charge is 0.129 e. The van der Waals surface area contributed by atoms with Crippen LogP contribution in [0.5, 0.6) is 0 Å². The minimum Gasteiger partial charge on any atom is -0.389 e. The maximum absolute atomic E-state index is 10.7. The lowest BCUT2D eigenvalue weighted by Gasteiger charge is -2.05. The summed E-state index contributed by atoms with van der Waals surface area (Å²) in [6.07, 6.45) is 2.08. The van der Waals surface area contributed by atoms with Gasteiger partial charge in [-0.1, -0.05) is 24.3 Å². The Bertz CT molecular complexity index is 312. The van der Waals surface area contributed by atoms with Crippen LogP contribution in [0.2, 0.25) is 0 Å². The number of Topliss-reactive ketones (excluding diaryl/α,β-unsaturated/α-hetero) is 1. The predicted octanol–water partition coefficient (Wildman–Crippen LogP) is 2.65. The van der Waals surface area contributed by atoms with Crippen LogP contribution in [-0.2, 0) is 11.2 Å². The number of benzene rings is 1. The van der Waals surface area contributed by atoms with Crippen molar-refractivity contribution in [2.24, 2.45) is 0 Å². The van der Waals surface area contributed by atoms with Crippen molar-refractivity contribution >= 4 is 5.78 Å². The van der Waals surface area contributed by atoms with Gasteiger partial charge in [0.15, 0.2) is 0 Å². The van der Waals surface area contributed by atoms with Gasteiger partial charge in [0.1, 0.15) is 5.78 Å². The first-order valence-electron chi connectivity index (χ1n) is 5.36. The van der Waals surface area contributed by atoms with Crippen molar-refractivity contribution in [2.45, 2.75) is 39.2 Å². The Morgan fingerprint density at radius 1 is 1.33 bits per heavy atom. The monoisotopic (exact) mass is 206 g/mol. The molecule has 1 aromatic carbocycles. The first-order valence-corrected chi connectivity index (χ1v) is 5.36. The molecule has 0 saturated carbocycles. The first kappa shape index (κ1) is 11.9. The summed E-state index contributed by atoms with van der Waals surface area (Å²) in [5.41, 5.74) is 2.16. The largest absolute Gasteiger partial charge is 0.389 e. The minimum atomic E-state index is -0.406. The van der Waals surface area contributed by atoms with Crippen LogP contribution in [0.25, 0.3) is 0 Å². The van der Waals surface area contributed by atoms with E-state index in [1.807, 2.05) is 24.3 Å². The SMILES string of the molecule is CC(=O)CCCc1ccc(C(C)O)cc1. The number of rotatable bonds is 5. The number of carbonyl (C=O) groups is 1. The molecule has 0 amide bonds. The second-order valence-electron chi connectivity index (χ2n) is 3.97. The average Bonchev–Trinajstić information content (AvgIpc) is 2.18. The molecule has 0 aliphatic carbocycles. The van der Waals surface area contributed by atoms with Crippen LogP contribution >= 0.6 is 0 Å². The Balaban J connectivity index is 2.46. The fourth-order valence-corrected chi connectivity index (χ4v) is 1.50. The van der Waals surface area contributed by atoms with E-state index >= 15 is 0 Å². The lowest BCUT2D eigenvalue weighted by molar-refractivity contribution is -0.117. The maximum atomic E-state index is 10.7. The number of aryl methyl sites for hydroxylation is 1. The molecule has 0 heterocycles. The van der Waals surface area contributed by atoms with Gasteiger partial charge in [0.2, 0.25) is 0 Å². The van der Waals surface area contributed by atoms with E-state index in [2.05, 4.69) is 0 Å². The maximum Gasteiger partial charge on any atom is 0.129 e. The number of aliphatic hydroxyl groups excluding tert-OH is 1. The predicted molar refractivity (Wildman–Crippen MR) is 60.7 cm³/mol. The highest BCUT2D eigenvalue weighted by Gasteiger charge is 2.00. The molecule has 0 radical (unpaired) electrons. The molecule has 0 aromatic heterocycles. The van der Waals surface area contributed by atoms with Crippen molar-refractivity contribution in [1.29, 1.82) is 0 Å². The van der Waals surface area contributed by atoms with Crippen LogP contribution in [0.3, 0.4) is 0 Å². The molecule has 1 aromatic rings. The average molecular weight is 206 g/mol. The molecule has 1 unspecified atom stereocenters. The van der Waals surface area contributed by atoms with E-state index in [1.54, 1.807) is 13.8 Å². The van der Waals surface area contributed by atoms with Crippen molar-refractivity contribution in [3.63, 3.8) is 0 Å². The number of hydrogen-bond donors (Lipinski definition) is 1. The normalized spacial score (nSPS) is 12.5. The summed E-state index contributed by atoms with van der Waals surface area (Å²) in [6, 6.07) is 7.91. The Labute approximate surface area is 90.9 Å². The summed E-state index contributed by atoms with van der Waals surface area (Å²) in [7, 11) is 0. The zero-order valence-electron chi connectivity index (χ0n) is 9.36. The third-order valence-electron chi connectivity index (χ3n) is 2.46. The van der Waals surface area contributed by atoms with E-state index in [4.69, 9.17) is 0 Å². The van der Waals surface area contributed by atoms with Gasteiger partial charge in [-0.15, -0.1) is 0 Å². The third kappa shape index (κ3) is 4.26. The topological polar surface area (TPSA) is 37.3 Å². The van der Waals surface area contributed by atoms with Gasteiger partial charge in [0.25, 0.3) is 0 Å². The highest BCUT2D eigenvalue weighted by atomic mass is 16.3. The summed E-state index contributed by atoms with van der Waals surface area (Å²) in [6.45, 7) is 3.38. The molecule has 0 spiro atoms. The van der Waals surface area contributed by atoms with Gasteiger partial charge in [-0.3, -0.25) is 0 Å². The van der Waals surface area contributed by atoms with Crippen LogP contribution in [0.1, 0.15) is 43.9 Å². The molecule has 15 heavy (non-hydrogen) atoms. The van der Waals surface area contributed by atoms with Gasteiger partial charge in [0.05, 0.1) is 6.10 Å². The molecule has 2 heteroatoms. The summed E-state index contributed by atoms with van der Waals surface area (Å²) in [4.78, 5) is 10.7. The van der Waals surface area contributed by atoms with Gasteiger partial charge in [-0.25, -0.2) is 0 Å². The molecule has 0 aliphatic rings. The molecule has 2 nitrogen and oxygen atoms in total. The van der Waals surface area contributed by atoms with Crippen molar-refractivity contribution in [3.8, 4) is 0 Å². The molecule has 1 rings (SSSR count). The summed E-state index contributed by atoms with van der Waals surface area (Å²) in [5, 5.41) is 9.32. The Hall–Kier alpha value is -1.15. The Kier molecular flexibility index (Phi) is 4.50. The summed E-state index contributed by atoms with van der Waals surface area (Å²) < 4.78 is 0. The van der Waals surface area contributed by atoms with Crippen LogP contribution in [0.15, 0.2) is 24.3 Å². The minimum absolute atomic E-state index is 0.246. The van der Waals surface area contributed by atoms with Gasteiger partial charge in [-0.2, -0.15) is 0 Å². The van der Waals surface area contributed by atoms with E-state index in [9.17, 15) is 9.90 Å². The third-order valence-corrected chi connectivity index (χ3v) is 2.46. The highest BCUT2D eigenvalue weighted by Crippen LogP contribution is 2.14. The van der Waals surface area contributed by atoms with Gasteiger partial charge in [0, 0.05) is 6.42 Å². The molecule has 0 saturated heterocycles. The second kappa shape index (κ2) is 5.66. The fourth-order valence-electron chi connectivity index (χ4n) is 1.50. The van der Waals surface area contributed by atoms with Crippen LogP contribution in [-0.4, -0.2) is 10.9 Å². The van der Waals surface area contributed by atoms with Crippen molar-refractivity contribution in [1.82, 2.24) is 0 Å². The fraction of sp³-hybridized carbons (Fsp3) is 0.462. The Morgan fingerprint density at radius 3 is 2.40 bits per heavy atom. The first-order chi connectivity index (χ1) is 7.09. The molecule has 0 fully saturated rings. The van der Waals surface area contributed by atoms with E-state index < -0.39 is 6.10 Å². The van der Waals surface area contributed by atoms with Crippen molar-refractivity contribution < 1.29 is 9.90 Å². The number of aliphatic hydroxyl groups is 1. The van der Waals surface area contributed by atoms with Crippen LogP contribution in [0, 0.1) is 0 Å². The zero-order chi connectivity index (χ0) is 11.3. The molecule has 0 bridgehead atoms. The van der Waals surface area contributed by atoms with Crippen LogP contribution in [0.4, 0.5) is 0 Å². The molecule has 82 valence electrons. The molecule has 0 aliphatic heterocycles. The lowest BCUT2D eigenvalue weighted by atomic mass is 10.0. The van der Waals surface area contributed by atoms with Gasteiger partial charge >= 0.3 is 0 Å². The number of ketones is 1. The van der Waals surface area contributed by atoms with Crippen LogP contribution < -0.4 is 0 Å². The molecular formula is C13H18O2. The molecule has 1 N–H and O–H groups in total. The molecular weight excluding hydrogens is 188 g/mol. The van der Waals surface area contributed by atoms with Crippen molar-refractivity contribution in [2.75, 3.05) is 0 Å². The summed E-state index contributed by atoms with van der Waals surface area (Å²) in [5.74, 6) is 0.246. The summed E-state index contributed by atoms with van der Waals surface area (Å²) >= 11 is 0. The van der Waals surface area contributed by atoms with Gasteiger partial charge in [-0.05, 0) is 37.8 Å². The Morgan fingerprint density at radius 2 is 1.93 bits per heavy atom.